The first kappa shape index (κ1) is 9.83. The summed E-state index contributed by atoms with van der Waals surface area (Å²) in [7, 11) is 0. The zero-order valence-electron chi connectivity index (χ0n) is 8.22. The number of aryl methyl sites for hydroxylation is 2. The third-order valence-electron chi connectivity index (χ3n) is 1.84. The lowest BCUT2D eigenvalue weighted by Gasteiger charge is -2.04. The predicted molar refractivity (Wildman–Crippen MR) is 56.5 cm³/mol. The predicted octanol–water partition coefficient (Wildman–Crippen LogP) is 2.03. The van der Waals surface area contributed by atoms with Crippen LogP contribution in [0.4, 0.5) is 0 Å². The van der Waals surface area contributed by atoms with Gasteiger partial charge in [-0.15, -0.1) is 6.42 Å². The maximum Gasteiger partial charge on any atom is 0.0576 e. The molecule has 0 saturated carbocycles. The van der Waals surface area contributed by atoms with E-state index >= 15 is 0 Å². The molecule has 1 nitrogen and oxygen atoms in total. The van der Waals surface area contributed by atoms with Crippen LogP contribution in [0.15, 0.2) is 18.2 Å². The Hall–Kier alpha value is -1.26. The van der Waals surface area contributed by atoms with Gasteiger partial charge in [0, 0.05) is 6.54 Å². The molecule has 0 saturated heterocycles. The van der Waals surface area contributed by atoms with Crippen LogP contribution in [0, 0.1) is 26.2 Å². The maximum atomic E-state index is 5.14. The normalized spacial score (nSPS) is 9.62. The molecule has 68 valence electrons. The number of terminal acetylenes is 1. The highest BCUT2D eigenvalue weighted by atomic mass is 14.8. The van der Waals surface area contributed by atoms with Gasteiger partial charge in [-0.05, 0) is 19.4 Å². The Morgan fingerprint density at radius 2 is 1.85 bits per heavy atom. The van der Waals surface area contributed by atoms with Crippen molar-refractivity contribution in [1.29, 1.82) is 0 Å². The van der Waals surface area contributed by atoms with Gasteiger partial charge < -0.3 is 5.32 Å². The standard InChI is InChI=1S/C12H15N/c1-4-5-13-9-12-7-10(2)6-11(3)8-12/h1,6-8,13H,5,9H2,2-3H3. The van der Waals surface area contributed by atoms with Gasteiger partial charge in [-0.1, -0.05) is 35.2 Å². The van der Waals surface area contributed by atoms with Gasteiger partial charge in [0.15, 0.2) is 0 Å². The van der Waals surface area contributed by atoms with Crippen molar-refractivity contribution in [2.24, 2.45) is 0 Å². The summed E-state index contributed by atoms with van der Waals surface area (Å²) in [6, 6.07) is 6.53. The van der Waals surface area contributed by atoms with Gasteiger partial charge in [0.25, 0.3) is 0 Å². The summed E-state index contributed by atoms with van der Waals surface area (Å²) >= 11 is 0. The molecule has 0 radical (unpaired) electrons. The van der Waals surface area contributed by atoms with Crippen molar-refractivity contribution in [2.45, 2.75) is 20.4 Å². The average molecular weight is 173 g/mol. The van der Waals surface area contributed by atoms with E-state index in [1.54, 1.807) is 0 Å². The first-order valence-electron chi connectivity index (χ1n) is 4.43. The molecule has 0 aliphatic carbocycles. The largest absolute Gasteiger partial charge is 0.302 e. The van der Waals surface area contributed by atoms with Crippen molar-refractivity contribution in [2.75, 3.05) is 6.54 Å². The molecule has 1 aromatic carbocycles. The minimum absolute atomic E-state index is 0.632. The summed E-state index contributed by atoms with van der Waals surface area (Å²) in [6.07, 6.45) is 5.14. The van der Waals surface area contributed by atoms with Gasteiger partial charge in [0.05, 0.1) is 6.54 Å². The summed E-state index contributed by atoms with van der Waals surface area (Å²) < 4.78 is 0. The van der Waals surface area contributed by atoms with E-state index in [4.69, 9.17) is 6.42 Å². The molecule has 0 amide bonds. The Morgan fingerprint density at radius 1 is 1.23 bits per heavy atom. The fourth-order valence-corrected chi connectivity index (χ4v) is 1.45. The molecule has 0 fully saturated rings. The molecule has 0 spiro atoms. The number of hydrogen-bond donors (Lipinski definition) is 1. The molecular formula is C12H15N. The Bertz CT molecular complexity index is 300. The first-order valence-corrected chi connectivity index (χ1v) is 4.43. The van der Waals surface area contributed by atoms with Crippen LogP contribution < -0.4 is 5.32 Å². The Morgan fingerprint density at radius 3 is 2.38 bits per heavy atom. The van der Waals surface area contributed by atoms with E-state index in [0.717, 1.165) is 6.54 Å². The van der Waals surface area contributed by atoms with Crippen LogP contribution in [0.2, 0.25) is 0 Å². The van der Waals surface area contributed by atoms with E-state index in [-0.39, 0.29) is 0 Å². The van der Waals surface area contributed by atoms with Crippen molar-refractivity contribution in [3.8, 4) is 12.3 Å². The number of benzene rings is 1. The lowest BCUT2D eigenvalue weighted by Crippen LogP contribution is -2.13. The van der Waals surface area contributed by atoms with E-state index < -0.39 is 0 Å². The van der Waals surface area contributed by atoms with Crippen LogP contribution in [0.25, 0.3) is 0 Å². The van der Waals surface area contributed by atoms with Crippen molar-refractivity contribution in [3.63, 3.8) is 0 Å². The van der Waals surface area contributed by atoms with Crippen molar-refractivity contribution in [3.05, 3.63) is 34.9 Å². The van der Waals surface area contributed by atoms with Gasteiger partial charge in [0.1, 0.15) is 0 Å². The molecule has 0 aliphatic rings. The zero-order chi connectivity index (χ0) is 9.68. The average Bonchev–Trinajstić information content (AvgIpc) is 2.03. The molecule has 0 aromatic heterocycles. The van der Waals surface area contributed by atoms with Crippen LogP contribution in [-0.2, 0) is 6.54 Å². The maximum absolute atomic E-state index is 5.14. The molecule has 0 atom stereocenters. The summed E-state index contributed by atoms with van der Waals surface area (Å²) in [5.41, 5.74) is 3.91. The fraction of sp³-hybridized carbons (Fsp3) is 0.333. The van der Waals surface area contributed by atoms with Gasteiger partial charge >= 0.3 is 0 Å². The smallest absolute Gasteiger partial charge is 0.0576 e. The molecule has 13 heavy (non-hydrogen) atoms. The van der Waals surface area contributed by atoms with Crippen LogP contribution in [0.1, 0.15) is 16.7 Å². The Balaban J connectivity index is 2.62. The van der Waals surface area contributed by atoms with E-state index in [0.29, 0.717) is 6.54 Å². The topological polar surface area (TPSA) is 12.0 Å². The summed E-state index contributed by atoms with van der Waals surface area (Å²) in [5, 5.41) is 3.17. The molecule has 0 unspecified atom stereocenters. The number of rotatable bonds is 3. The SMILES string of the molecule is C#CCNCc1cc(C)cc(C)c1. The fourth-order valence-electron chi connectivity index (χ4n) is 1.45. The molecular weight excluding hydrogens is 158 g/mol. The van der Waals surface area contributed by atoms with Gasteiger partial charge in [-0.2, -0.15) is 0 Å². The highest BCUT2D eigenvalue weighted by Gasteiger charge is 1.94. The first-order chi connectivity index (χ1) is 6.22. The second-order valence-corrected chi connectivity index (χ2v) is 3.30. The van der Waals surface area contributed by atoms with Gasteiger partial charge in [-0.25, -0.2) is 0 Å². The highest BCUT2D eigenvalue weighted by molar-refractivity contribution is 5.28. The third kappa shape index (κ3) is 3.31. The van der Waals surface area contributed by atoms with Gasteiger partial charge in [0.2, 0.25) is 0 Å². The van der Waals surface area contributed by atoms with E-state index in [2.05, 4.69) is 43.3 Å². The van der Waals surface area contributed by atoms with E-state index in [1.165, 1.54) is 16.7 Å². The quantitative estimate of drug-likeness (QED) is 0.544. The van der Waals surface area contributed by atoms with Crippen LogP contribution in [-0.4, -0.2) is 6.54 Å². The van der Waals surface area contributed by atoms with Crippen LogP contribution in [0.3, 0.4) is 0 Å². The lowest BCUT2D eigenvalue weighted by atomic mass is 10.1. The van der Waals surface area contributed by atoms with E-state index in [1.807, 2.05) is 0 Å². The highest BCUT2D eigenvalue weighted by Crippen LogP contribution is 2.08. The number of hydrogen-bond acceptors (Lipinski definition) is 1. The molecule has 0 aliphatic heterocycles. The second kappa shape index (κ2) is 4.69. The molecule has 1 heteroatoms. The van der Waals surface area contributed by atoms with Gasteiger partial charge in [-0.3, -0.25) is 0 Å². The minimum atomic E-state index is 0.632. The summed E-state index contributed by atoms with van der Waals surface area (Å²) in [4.78, 5) is 0. The van der Waals surface area contributed by atoms with E-state index in [9.17, 15) is 0 Å². The summed E-state index contributed by atoms with van der Waals surface area (Å²) in [5.74, 6) is 2.56. The van der Waals surface area contributed by atoms with Crippen molar-refractivity contribution < 1.29 is 0 Å². The van der Waals surface area contributed by atoms with Crippen molar-refractivity contribution >= 4 is 0 Å². The molecule has 0 heterocycles. The van der Waals surface area contributed by atoms with Crippen LogP contribution >= 0.6 is 0 Å². The number of nitrogens with one attached hydrogen (secondary N) is 1. The molecule has 1 rings (SSSR count). The molecule has 1 aromatic rings. The molecule has 0 bridgehead atoms. The minimum Gasteiger partial charge on any atom is -0.302 e. The molecule has 1 N–H and O–H groups in total. The monoisotopic (exact) mass is 173 g/mol. The third-order valence-corrected chi connectivity index (χ3v) is 1.84. The Kier molecular flexibility index (Phi) is 3.54. The lowest BCUT2D eigenvalue weighted by molar-refractivity contribution is 0.769. The second-order valence-electron chi connectivity index (χ2n) is 3.30. The summed E-state index contributed by atoms with van der Waals surface area (Å²) in [6.45, 7) is 5.70. The van der Waals surface area contributed by atoms with Crippen LogP contribution in [0.5, 0.6) is 0 Å². The van der Waals surface area contributed by atoms with Crippen molar-refractivity contribution in [1.82, 2.24) is 5.32 Å². The Labute approximate surface area is 80.2 Å². The zero-order valence-corrected chi connectivity index (χ0v) is 8.22.